The van der Waals surface area contributed by atoms with Gasteiger partial charge in [-0.3, -0.25) is 4.79 Å². The fraction of sp³-hybridized carbons (Fsp3) is 0.643. The van der Waals surface area contributed by atoms with Crippen LogP contribution in [0.1, 0.15) is 19.7 Å². The van der Waals surface area contributed by atoms with E-state index in [1.54, 1.807) is 14.0 Å². The topological polar surface area (TPSA) is 70.6 Å². The van der Waals surface area contributed by atoms with Gasteiger partial charge in [-0.15, -0.1) is 0 Å². The van der Waals surface area contributed by atoms with Gasteiger partial charge < -0.3 is 19.9 Å². The first kappa shape index (κ1) is 15.5. The summed E-state index contributed by atoms with van der Waals surface area (Å²) in [5.41, 5.74) is 0. The summed E-state index contributed by atoms with van der Waals surface area (Å²) >= 11 is 0. The molecule has 0 saturated carbocycles. The molecule has 1 saturated heterocycles. The standard InChI is InChI=1S/C14H23N5O2/c1-4-15-12-9-14(17-13(16-12)10-21-3)19-7-5-18(6-8-19)11(2)20/h9H,4-8,10H2,1-3H3,(H,15,16,17). The van der Waals surface area contributed by atoms with Gasteiger partial charge in [0, 0.05) is 52.8 Å². The molecule has 0 unspecified atom stereocenters. The number of hydrogen-bond donors (Lipinski definition) is 1. The van der Waals surface area contributed by atoms with Crippen LogP contribution in [0, 0.1) is 0 Å². The third-order valence-electron chi connectivity index (χ3n) is 3.44. The molecule has 1 aromatic heterocycles. The second-order valence-corrected chi connectivity index (χ2v) is 4.98. The fourth-order valence-corrected chi connectivity index (χ4v) is 2.36. The third-order valence-corrected chi connectivity index (χ3v) is 3.44. The van der Waals surface area contributed by atoms with Crippen molar-refractivity contribution in [2.45, 2.75) is 20.5 Å². The van der Waals surface area contributed by atoms with E-state index in [0.29, 0.717) is 12.4 Å². The average molecular weight is 293 g/mol. The predicted molar refractivity (Wildman–Crippen MR) is 81.4 cm³/mol. The number of amides is 1. The minimum absolute atomic E-state index is 0.130. The molecule has 116 valence electrons. The van der Waals surface area contributed by atoms with Crippen molar-refractivity contribution in [1.82, 2.24) is 14.9 Å². The molecule has 7 nitrogen and oxygen atoms in total. The van der Waals surface area contributed by atoms with Crippen molar-refractivity contribution in [3.8, 4) is 0 Å². The van der Waals surface area contributed by atoms with Gasteiger partial charge >= 0.3 is 0 Å². The molecule has 2 rings (SSSR count). The second-order valence-electron chi connectivity index (χ2n) is 4.98. The summed E-state index contributed by atoms with van der Waals surface area (Å²) < 4.78 is 5.13. The Balaban J connectivity index is 2.13. The first-order chi connectivity index (χ1) is 10.1. The lowest BCUT2D eigenvalue weighted by Crippen LogP contribution is -2.48. The van der Waals surface area contributed by atoms with Crippen LogP contribution in [0.5, 0.6) is 0 Å². The summed E-state index contributed by atoms with van der Waals surface area (Å²) in [4.78, 5) is 24.4. The molecular formula is C14H23N5O2. The summed E-state index contributed by atoms with van der Waals surface area (Å²) in [7, 11) is 1.63. The number of piperazine rings is 1. The van der Waals surface area contributed by atoms with Crippen LogP contribution in [0.15, 0.2) is 6.07 Å². The Bertz CT molecular complexity index is 462. The molecule has 1 aliphatic rings. The summed E-state index contributed by atoms with van der Waals surface area (Å²) in [5, 5.41) is 3.21. The zero-order valence-corrected chi connectivity index (χ0v) is 12.9. The first-order valence-electron chi connectivity index (χ1n) is 7.25. The van der Waals surface area contributed by atoms with E-state index in [4.69, 9.17) is 4.74 Å². The highest BCUT2D eigenvalue weighted by Gasteiger charge is 2.20. The molecule has 1 aliphatic heterocycles. The number of ether oxygens (including phenoxy) is 1. The smallest absolute Gasteiger partial charge is 0.219 e. The Morgan fingerprint density at radius 2 is 2.05 bits per heavy atom. The average Bonchev–Trinajstić information content (AvgIpc) is 2.48. The van der Waals surface area contributed by atoms with Gasteiger partial charge in [0.1, 0.15) is 18.2 Å². The van der Waals surface area contributed by atoms with Crippen molar-refractivity contribution in [1.29, 1.82) is 0 Å². The van der Waals surface area contributed by atoms with E-state index in [1.165, 1.54) is 0 Å². The van der Waals surface area contributed by atoms with Gasteiger partial charge in [-0.1, -0.05) is 0 Å². The van der Waals surface area contributed by atoms with Crippen LogP contribution in [0.3, 0.4) is 0 Å². The van der Waals surface area contributed by atoms with E-state index in [-0.39, 0.29) is 5.91 Å². The molecule has 0 spiro atoms. The highest BCUT2D eigenvalue weighted by molar-refractivity contribution is 5.73. The Morgan fingerprint density at radius 1 is 1.33 bits per heavy atom. The SMILES string of the molecule is CCNc1cc(N2CCN(C(C)=O)CC2)nc(COC)n1. The minimum atomic E-state index is 0.130. The first-order valence-corrected chi connectivity index (χ1v) is 7.25. The zero-order chi connectivity index (χ0) is 15.2. The molecule has 2 heterocycles. The second kappa shape index (κ2) is 7.21. The summed E-state index contributed by atoms with van der Waals surface area (Å²) in [6, 6.07) is 1.95. The molecule has 0 atom stereocenters. The molecule has 0 radical (unpaired) electrons. The molecule has 0 bridgehead atoms. The lowest BCUT2D eigenvalue weighted by atomic mass is 10.3. The highest BCUT2D eigenvalue weighted by atomic mass is 16.5. The van der Waals surface area contributed by atoms with E-state index in [0.717, 1.165) is 44.4 Å². The number of hydrogen-bond acceptors (Lipinski definition) is 6. The van der Waals surface area contributed by atoms with Gasteiger partial charge in [0.2, 0.25) is 5.91 Å². The summed E-state index contributed by atoms with van der Waals surface area (Å²) in [6.07, 6.45) is 0. The van der Waals surface area contributed by atoms with Crippen molar-refractivity contribution in [2.24, 2.45) is 0 Å². The normalized spacial score (nSPS) is 15.2. The minimum Gasteiger partial charge on any atom is -0.377 e. The lowest BCUT2D eigenvalue weighted by molar-refractivity contribution is -0.129. The van der Waals surface area contributed by atoms with Crippen LogP contribution < -0.4 is 10.2 Å². The van der Waals surface area contributed by atoms with E-state index >= 15 is 0 Å². The van der Waals surface area contributed by atoms with Crippen LogP contribution in [-0.2, 0) is 16.1 Å². The molecule has 1 fully saturated rings. The molecule has 0 aromatic carbocycles. The molecule has 7 heteroatoms. The maximum absolute atomic E-state index is 11.4. The number of carbonyl (C=O) groups is 1. The number of anilines is 2. The van der Waals surface area contributed by atoms with E-state index < -0.39 is 0 Å². The van der Waals surface area contributed by atoms with Crippen molar-refractivity contribution < 1.29 is 9.53 Å². The van der Waals surface area contributed by atoms with E-state index in [9.17, 15) is 4.79 Å². The third kappa shape index (κ3) is 4.04. The number of methoxy groups -OCH3 is 1. The van der Waals surface area contributed by atoms with Gasteiger partial charge in [0.05, 0.1) is 0 Å². The molecule has 21 heavy (non-hydrogen) atoms. The maximum Gasteiger partial charge on any atom is 0.219 e. The Hall–Kier alpha value is -1.89. The Morgan fingerprint density at radius 3 is 2.62 bits per heavy atom. The van der Waals surface area contributed by atoms with E-state index in [2.05, 4.69) is 20.2 Å². The number of carbonyl (C=O) groups excluding carboxylic acids is 1. The highest BCUT2D eigenvalue weighted by Crippen LogP contribution is 2.18. The number of rotatable bonds is 5. The van der Waals surface area contributed by atoms with Gasteiger partial charge in [-0.25, -0.2) is 9.97 Å². The van der Waals surface area contributed by atoms with Crippen LogP contribution in [0.2, 0.25) is 0 Å². The number of nitrogens with zero attached hydrogens (tertiary/aromatic N) is 4. The van der Waals surface area contributed by atoms with Gasteiger partial charge in [0.25, 0.3) is 0 Å². The largest absolute Gasteiger partial charge is 0.377 e. The molecule has 1 amide bonds. The van der Waals surface area contributed by atoms with Crippen molar-refractivity contribution in [3.05, 3.63) is 11.9 Å². The van der Waals surface area contributed by atoms with Crippen molar-refractivity contribution in [2.75, 3.05) is 50.1 Å². The molecule has 1 N–H and O–H groups in total. The van der Waals surface area contributed by atoms with Crippen LogP contribution in [-0.4, -0.2) is 60.6 Å². The zero-order valence-electron chi connectivity index (χ0n) is 12.9. The molecule has 0 aliphatic carbocycles. The number of aromatic nitrogens is 2. The van der Waals surface area contributed by atoms with Crippen molar-refractivity contribution in [3.63, 3.8) is 0 Å². The van der Waals surface area contributed by atoms with Gasteiger partial charge in [-0.2, -0.15) is 0 Å². The van der Waals surface area contributed by atoms with Crippen LogP contribution in [0.25, 0.3) is 0 Å². The van der Waals surface area contributed by atoms with Gasteiger partial charge in [-0.05, 0) is 6.92 Å². The van der Waals surface area contributed by atoms with Crippen molar-refractivity contribution >= 4 is 17.5 Å². The predicted octanol–water partition coefficient (Wildman–Crippen LogP) is 0.723. The Labute approximate surface area is 125 Å². The lowest BCUT2D eigenvalue weighted by Gasteiger charge is -2.35. The monoisotopic (exact) mass is 293 g/mol. The summed E-state index contributed by atoms with van der Waals surface area (Å²) in [5.74, 6) is 2.49. The molecular weight excluding hydrogens is 270 g/mol. The van der Waals surface area contributed by atoms with Gasteiger partial charge in [0.15, 0.2) is 5.82 Å². The van der Waals surface area contributed by atoms with E-state index in [1.807, 2.05) is 17.9 Å². The van der Waals surface area contributed by atoms with Crippen LogP contribution >= 0.6 is 0 Å². The maximum atomic E-state index is 11.4. The van der Waals surface area contributed by atoms with Crippen LogP contribution in [0.4, 0.5) is 11.6 Å². The fourth-order valence-electron chi connectivity index (χ4n) is 2.36. The quantitative estimate of drug-likeness (QED) is 0.863. The number of nitrogens with one attached hydrogen (secondary N) is 1. The molecule has 1 aromatic rings. The Kier molecular flexibility index (Phi) is 5.32. The summed E-state index contributed by atoms with van der Waals surface area (Å²) in [6.45, 7) is 7.87.